The molecule has 0 aromatic heterocycles. The zero-order valence-corrected chi connectivity index (χ0v) is 11.4. The third-order valence-electron chi connectivity index (χ3n) is 3.17. The van der Waals surface area contributed by atoms with Crippen LogP contribution in [0.25, 0.3) is 0 Å². The Morgan fingerprint density at radius 3 is 2.59 bits per heavy atom. The summed E-state index contributed by atoms with van der Waals surface area (Å²) < 4.78 is 10.5. The molecule has 0 radical (unpaired) electrons. The molecule has 0 bridgehead atoms. The number of carbonyl (C=O) groups excluding carboxylic acids is 1. The van der Waals surface area contributed by atoms with E-state index < -0.39 is 0 Å². The molecule has 4 nitrogen and oxygen atoms in total. The quantitative estimate of drug-likeness (QED) is 0.660. The molecule has 1 rings (SSSR count). The van der Waals surface area contributed by atoms with Gasteiger partial charge in [0.2, 0.25) is 0 Å². The number of rotatable bonds is 8. The largest absolute Gasteiger partial charge is 0.465 e. The van der Waals surface area contributed by atoms with Gasteiger partial charge >= 0.3 is 5.97 Å². The van der Waals surface area contributed by atoms with E-state index in [1.165, 1.54) is 12.8 Å². The van der Waals surface area contributed by atoms with Gasteiger partial charge in [-0.15, -0.1) is 0 Å². The summed E-state index contributed by atoms with van der Waals surface area (Å²) in [5.74, 6) is 0.579. The maximum atomic E-state index is 11.8. The Bertz CT molecular complexity index is 249. The van der Waals surface area contributed by atoms with E-state index in [0.29, 0.717) is 13.0 Å². The number of methoxy groups -OCH3 is 1. The van der Waals surface area contributed by atoms with Gasteiger partial charge in [0.1, 0.15) is 6.04 Å². The zero-order valence-electron chi connectivity index (χ0n) is 11.4. The molecule has 17 heavy (non-hydrogen) atoms. The molecule has 1 saturated carbocycles. The topological polar surface area (TPSA) is 47.6 Å². The molecule has 1 N–H and O–H groups in total. The molecule has 0 saturated heterocycles. The lowest BCUT2D eigenvalue weighted by Gasteiger charge is -2.28. The monoisotopic (exact) mass is 243 g/mol. The van der Waals surface area contributed by atoms with Crippen LogP contribution in [0.15, 0.2) is 0 Å². The van der Waals surface area contributed by atoms with E-state index in [1.54, 1.807) is 7.11 Å². The van der Waals surface area contributed by atoms with E-state index in [-0.39, 0.29) is 17.6 Å². The van der Waals surface area contributed by atoms with E-state index >= 15 is 0 Å². The van der Waals surface area contributed by atoms with Crippen molar-refractivity contribution < 1.29 is 14.3 Å². The van der Waals surface area contributed by atoms with Crippen molar-refractivity contribution >= 4 is 5.97 Å². The molecule has 100 valence electrons. The van der Waals surface area contributed by atoms with E-state index in [9.17, 15) is 4.79 Å². The zero-order chi connectivity index (χ0) is 12.9. The fraction of sp³-hybridized carbons (Fsp3) is 0.923. The Morgan fingerprint density at radius 2 is 2.12 bits per heavy atom. The summed E-state index contributed by atoms with van der Waals surface area (Å²) in [5.41, 5.74) is -0.312. The maximum absolute atomic E-state index is 11.8. The number of hydrogen-bond donors (Lipinski definition) is 1. The smallest absolute Gasteiger partial charge is 0.323 e. The molecule has 1 aliphatic carbocycles. The van der Waals surface area contributed by atoms with Gasteiger partial charge in [0.15, 0.2) is 0 Å². The molecule has 1 atom stereocenters. The standard InChI is InChI=1S/C13H25NO3/c1-5-17-12(15)11(8-13(2,3)16-4)14-9-10-6-7-10/h10-11,14H,5-9H2,1-4H3. The van der Waals surface area contributed by atoms with Gasteiger partial charge in [-0.25, -0.2) is 0 Å². The molecular formula is C13H25NO3. The molecule has 1 unspecified atom stereocenters. The minimum Gasteiger partial charge on any atom is -0.465 e. The van der Waals surface area contributed by atoms with Gasteiger partial charge < -0.3 is 14.8 Å². The van der Waals surface area contributed by atoms with Crippen molar-refractivity contribution in [2.75, 3.05) is 20.3 Å². The van der Waals surface area contributed by atoms with Gasteiger partial charge in [-0.3, -0.25) is 4.79 Å². The van der Waals surface area contributed by atoms with E-state index in [2.05, 4.69) is 5.32 Å². The summed E-state index contributed by atoms with van der Waals surface area (Å²) in [4.78, 5) is 11.8. The highest BCUT2D eigenvalue weighted by atomic mass is 16.5. The molecule has 0 aromatic carbocycles. The highest BCUT2D eigenvalue weighted by molar-refractivity contribution is 5.75. The number of nitrogens with one attached hydrogen (secondary N) is 1. The fourth-order valence-electron chi connectivity index (χ4n) is 1.69. The summed E-state index contributed by atoms with van der Waals surface area (Å²) >= 11 is 0. The molecule has 0 aromatic rings. The van der Waals surface area contributed by atoms with Crippen molar-refractivity contribution in [3.8, 4) is 0 Å². The molecule has 4 heteroatoms. The normalized spacial score (nSPS) is 17.9. The van der Waals surface area contributed by atoms with Crippen LogP contribution in [0.5, 0.6) is 0 Å². The van der Waals surface area contributed by atoms with Crippen molar-refractivity contribution in [2.24, 2.45) is 5.92 Å². The van der Waals surface area contributed by atoms with E-state index in [4.69, 9.17) is 9.47 Å². The van der Waals surface area contributed by atoms with Crippen LogP contribution in [0.4, 0.5) is 0 Å². The molecule has 1 aliphatic rings. The molecule has 1 fully saturated rings. The summed E-state index contributed by atoms with van der Waals surface area (Å²) in [5, 5.41) is 3.30. The lowest BCUT2D eigenvalue weighted by Crippen LogP contribution is -2.44. The summed E-state index contributed by atoms with van der Waals surface area (Å²) in [7, 11) is 1.67. The van der Waals surface area contributed by atoms with Gasteiger partial charge in [-0.2, -0.15) is 0 Å². The first-order valence-corrected chi connectivity index (χ1v) is 6.43. The number of carbonyl (C=O) groups is 1. The van der Waals surface area contributed by atoms with Crippen LogP contribution in [-0.2, 0) is 14.3 Å². The van der Waals surface area contributed by atoms with Gasteiger partial charge in [-0.1, -0.05) is 0 Å². The molecule has 0 spiro atoms. The average molecular weight is 243 g/mol. The van der Waals surface area contributed by atoms with E-state index in [1.807, 2.05) is 20.8 Å². The lowest BCUT2D eigenvalue weighted by atomic mass is 9.98. The number of ether oxygens (including phenoxy) is 2. The second-order valence-electron chi connectivity index (χ2n) is 5.32. The fourth-order valence-corrected chi connectivity index (χ4v) is 1.69. The van der Waals surface area contributed by atoms with Gasteiger partial charge in [0.05, 0.1) is 12.2 Å². The van der Waals surface area contributed by atoms with Crippen LogP contribution < -0.4 is 5.32 Å². The Labute approximate surface area is 104 Å². The molecule has 0 aliphatic heterocycles. The van der Waals surface area contributed by atoms with Crippen LogP contribution in [-0.4, -0.2) is 37.9 Å². The molecule has 0 amide bonds. The lowest BCUT2D eigenvalue weighted by molar-refractivity contribution is -0.147. The first-order chi connectivity index (χ1) is 7.98. The number of hydrogen-bond acceptors (Lipinski definition) is 4. The SMILES string of the molecule is CCOC(=O)C(CC(C)(C)OC)NCC1CC1. The Kier molecular flexibility index (Phi) is 5.40. The third-order valence-corrected chi connectivity index (χ3v) is 3.17. The highest BCUT2D eigenvalue weighted by Crippen LogP contribution is 2.28. The second-order valence-corrected chi connectivity index (χ2v) is 5.32. The van der Waals surface area contributed by atoms with E-state index in [0.717, 1.165) is 12.5 Å². The Morgan fingerprint density at radius 1 is 1.47 bits per heavy atom. The van der Waals surface area contributed by atoms with Crippen LogP contribution >= 0.6 is 0 Å². The first kappa shape index (κ1) is 14.5. The average Bonchev–Trinajstić information content (AvgIpc) is 3.08. The van der Waals surface area contributed by atoms with Crippen molar-refractivity contribution in [1.29, 1.82) is 0 Å². The van der Waals surface area contributed by atoms with Gasteiger partial charge in [-0.05, 0) is 46.1 Å². The van der Waals surface area contributed by atoms with Gasteiger partial charge in [0, 0.05) is 13.5 Å². The minimum absolute atomic E-state index is 0.168. The number of esters is 1. The maximum Gasteiger partial charge on any atom is 0.323 e. The summed E-state index contributed by atoms with van der Waals surface area (Å²) in [6, 6.07) is -0.259. The van der Waals surface area contributed by atoms with Crippen LogP contribution in [0.3, 0.4) is 0 Å². The van der Waals surface area contributed by atoms with Crippen LogP contribution in [0.1, 0.15) is 40.0 Å². The predicted octanol–water partition coefficient (Wildman–Crippen LogP) is 1.73. The summed E-state index contributed by atoms with van der Waals surface area (Å²) in [6.07, 6.45) is 3.18. The van der Waals surface area contributed by atoms with Crippen molar-refractivity contribution in [3.05, 3.63) is 0 Å². The Hall–Kier alpha value is -0.610. The highest BCUT2D eigenvalue weighted by Gasteiger charge is 2.30. The summed E-state index contributed by atoms with van der Waals surface area (Å²) in [6.45, 7) is 7.13. The molecular weight excluding hydrogens is 218 g/mol. The van der Waals surface area contributed by atoms with Crippen molar-refractivity contribution in [3.63, 3.8) is 0 Å². The first-order valence-electron chi connectivity index (χ1n) is 6.43. The van der Waals surface area contributed by atoms with Crippen LogP contribution in [0, 0.1) is 5.92 Å². The predicted molar refractivity (Wildman–Crippen MR) is 66.9 cm³/mol. The van der Waals surface area contributed by atoms with Crippen LogP contribution in [0.2, 0.25) is 0 Å². The van der Waals surface area contributed by atoms with Crippen molar-refractivity contribution in [2.45, 2.75) is 51.7 Å². The Balaban J connectivity index is 2.46. The van der Waals surface area contributed by atoms with Crippen molar-refractivity contribution in [1.82, 2.24) is 5.32 Å². The third kappa shape index (κ3) is 5.50. The van der Waals surface area contributed by atoms with Gasteiger partial charge in [0.25, 0.3) is 0 Å². The molecule has 0 heterocycles. The minimum atomic E-state index is -0.312. The second kappa shape index (κ2) is 6.36.